The lowest BCUT2D eigenvalue weighted by molar-refractivity contribution is 0.403. The number of aromatic nitrogens is 2. The van der Waals surface area contributed by atoms with Crippen molar-refractivity contribution >= 4 is 15.7 Å². The number of para-hydroxylation sites is 2. The van der Waals surface area contributed by atoms with Crippen molar-refractivity contribution < 1.29 is 17.6 Å². The Balaban J connectivity index is 2.02. The van der Waals surface area contributed by atoms with Crippen LogP contribution in [0.3, 0.4) is 0 Å². The molecule has 2 aromatic carbocycles. The van der Waals surface area contributed by atoms with Crippen LogP contribution in [-0.4, -0.2) is 25.7 Å². The third-order valence-corrected chi connectivity index (χ3v) is 4.69. The van der Waals surface area contributed by atoms with Crippen molar-refractivity contribution in [3.63, 3.8) is 0 Å². The summed E-state index contributed by atoms with van der Waals surface area (Å²) in [5.74, 6) is 0.898. The fourth-order valence-corrected chi connectivity index (χ4v) is 3.46. The molecule has 3 rings (SSSR count). The smallest absolute Gasteiger partial charge is 0.265 e. The van der Waals surface area contributed by atoms with Crippen molar-refractivity contribution in [2.24, 2.45) is 0 Å². The first-order valence-electron chi connectivity index (χ1n) is 7.06. The van der Waals surface area contributed by atoms with E-state index in [4.69, 9.17) is 9.15 Å². The fourth-order valence-electron chi connectivity index (χ4n) is 2.20. The molecule has 0 aliphatic heterocycles. The normalized spacial score (nSPS) is 11.2. The van der Waals surface area contributed by atoms with E-state index in [2.05, 4.69) is 14.9 Å². The van der Waals surface area contributed by atoms with Crippen LogP contribution in [0.4, 0.5) is 5.69 Å². The van der Waals surface area contributed by atoms with Gasteiger partial charge in [0.25, 0.3) is 10.0 Å². The summed E-state index contributed by atoms with van der Waals surface area (Å²) in [6, 6.07) is 13.2. The average Bonchev–Trinajstić information content (AvgIpc) is 3.01. The molecule has 1 aromatic heterocycles. The predicted molar refractivity (Wildman–Crippen MR) is 88.3 cm³/mol. The van der Waals surface area contributed by atoms with E-state index in [0.717, 1.165) is 0 Å². The second-order valence-corrected chi connectivity index (χ2v) is 6.58. The van der Waals surface area contributed by atoms with Gasteiger partial charge in [-0.05, 0) is 24.3 Å². The van der Waals surface area contributed by atoms with Gasteiger partial charge in [0, 0.05) is 6.92 Å². The third-order valence-electron chi connectivity index (χ3n) is 3.29. The molecule has 0 saturated carbocycles. The van der Waals surface area contributed by atoms with E-state index in [9.17, 15) is 8.42 Å². The largest absolute Gasteiger partial charge is 0.495 e. The van der Waals surface area contributed by atoms with Gasteiger partial charge in [0.2, 0.25) is 11.8 Å². The van der Waals surface area contributed by atoms with Gasteiger partial charge in [0.1, 0.15) is 10.6 Å². The Kier molecular flexibility index (Phi) is 4.22. The zero-order chi connectivity index (χ0) is 17.2. The zero-order valence-corrected chi connectivity index (χ0v) is 13.9. The molecule has 1 N–H and O–H groups in total. The minimum atomic E-state index is -3.84. The number of ether oxygens (including phenoxy) is 1. The van der Waals surface area contributed by atoms with E-state index in [1.54, 1.807) is 49.4 Å². The number of nitrogens with one attached hydrogen (secondary N) is 1. The number of nitrogens with zero attached hydrogens (tertiary/aromatic N) is 2. The van der Waals surface area contributed by atoms with Gasteiger partial charge in [-0.2, -0.15) is 0 Å². The predicted octanol–water partition coefficient (Wildman–Crippen LogP) is 2.85. The first kappa shape index (κ1) is 16.0. The number of hydrogen-bond donors (Lipinski definition) is 1. The van der Waals surface area contributed by atoms with Gasteiger partial charge >= 0.3 is 0 Å². The second kappa shape index (κ2) is 6.32. The Morgan fingerprint density at radius 2 is 1.75 bits per heavy atom. The van der Waals surface area contributed by atoms with Crippen LogP contribution in [0, 0.1) is 6.92 Å². The van der Waals surface area contributed by atoms with Crippen LogP contribution >= 0.6 is 0 Å². The van der Waals surface area contributed by atoms with Crippen LogP contribution in [0.2, 0.25) is 0 Å². The summed E-state index contributed by atoms with van der Waals surface area (Å²) >= 11 is 0. The maximum absolute atomic E-state index is 12.7. The van der Waals surface area contributed by atoms with Crippen LogP contribution < -0.4 is 9.46 Å². The van der Waals surface area contributed by atoms with Gasteiger partial charge in [-0.3, -0.25) is 4.72 Å². The molecular formula is C16H15N3O4S. The summed E-state index contributed by atoms with van der Waals surface area (Å²) < 4.78 is 38.5. The van der Waals surface area contributed by atoms with E-state index >= 15 is 0 Å². The van der Waals surface area contributed by atoms with Gasteiger partial charge < -0.3 is 9.15 Å². The minimum absolute atomic E-state index is 0.0454. The Hall–Kier alpha value is -2.87. The molecule has 0 amide bonds. The van der Waals surface area contributed by atoms with Crippen molar-refractivity contribution in [2.75, 3.05) is 11.8 Å². The molecule has 0 unspecified atom stereocenters. The third kappa shape index (κ3) is 3.09. The molecule has 24 heavy (non-hydrogen) atoms. The quantitative estimate of drug-likeness (QED) is 0.764. The summed E-state index contributed by atoms with van der Waals surface area (Å²) in [5, 5.41) is 7.71. The lowest BCUT2D eigenvalue weighted by atomic mass is 10.2. The van der Waals surface area contributed by atoms with Crippen molar-refractivity contribution in [3.8, 4) is 17.2 Å². The number of methoxy groups -OCH3 is 1. The number of aryl methyl sites for hydroxylation is 1. The second-order valence-electron chi connectivity index (χ2n) is 4.93. The molecule has 0 bridgehead atoms. The Morgan fingerprint density at radius 3 is 2.46 bits per heavy atom. The van der Waals surface area contributed by atoms with Crippen molar-refractivity contribution in [3.05, 3.63) is 54.4 Å². The highest BCUT2D eigenvalue weighted by Crippen LogP contribution is 2.30. The summed E-state index contributed by atoms with van der Waals surface area (Å²) in [5.41, 5.74) is 0.837. The van der Waals surface area contributed by atoms with E-state index in [-0.39, 0.29) is 16.5 Å². The SMILES string of the molecule is COc1ccccc1S(=O)(=O)Nc1ccccc1-c1nnc(C)o1. The summed E-state index contributed by atoms with van der Waals surface area (Å²) in [4.78, 5) is 0.0454. The highest BCUT2D eigenvalue weighted by atomic mass is 32.2. The first-order chi connectivity index (χ1) is 11.5. The number of benzene rings is 2. The van der Waals surface area contributed by atoms with Gasteiger partial charge in [-0.25, -0.2) is 8.42 Å². The van der Waals surface area contributed by atoms with E-state index in [1.165, 1.54) is 13.2 Å². The molecule has 3 aromatic rings. The fraction of sp³-hybridized carbons (Fsp3) is 0.125. The van der Waals surface area contributed by atoms with E-state index in [1.807, 2.05) is 0 Å². The number of rotatable bonds is 5. The van der Waals surface area contributed by atoms with Gasteiger partial charge in [-0.1, -0.05) is 24.3 Å². The summed E-state index contributed by atoms with van der Waals surface area (Å²) in [6.45, 7) is 1.66. The molecule has 8 heteroatoms. The summed E-state index contributed by atoms with van der Waals surface area (Å²) in [6.07, 6.45) is 0. The van der Waals surface area contributed by atoms with Crippen LogP contribution in [0.15, 0.2) is 57.8 Å². The molecule has 0 saturated heterocycles. The van der Waals surface area contributed by atoms with Crippen molar-refractivity contribution in [2.45, 2.75) is 11.8 Å². The highest BCUT2D eigenvalue weighted by molar-refractivity contribution is 7.92. The number of anilines is 1. The first-order valence-corrected chi connectivity index (χ1v) is 8.55. The topological polar surface area (TPSA) is 94.3 Å². The van der Waals surface area contributed by atoms with Crippen molar-refractivity contribution in [1.82, 2.24) is 10.2 Å². The molecule has 0 aliphatic rings. The molecule has 7 nitrogen and oxygen atoms in total. The zero-order valence-electron chi connectivity index (χ0n) is 13.1. The van der Waals surface area contributed by atoms with Crippen LogP contribution in [0.5, 0.6) is 5.75 Å². The number of sulfonamides is 1. The summed E-state index contributed by atoms with van der Waals surface area (Å²) in [7, 11) is -2.42. The van der Waals surface area contributed by atoms with Crippen molar-refractivity contribution in [1.29, 1.82) is 0 Å². The average molecular weight is 345 g/mol. The molecule has 0 atom stereocenters. The molecule has 0 spiro atoms. The van der Waals surface area contributed by atoms with Crippen LogP contribution in [0.25, 0.3) is 11.5 Å². The van der Waals surface area contributed by atoms with Gasteiger partial charge in [0.05, 0.1) is 18.4 Å². The minimum Gasteiger partial charge on any atom is -0.495 e. The molecule has 0 radical (unpaired) electrons. The molecule has 0 fully saturated rings. The number of hydrogen-bond acceptors (Lipinski definition) is 6. The van der Waals surface area contributed by atoms with Crippen LogP contribution in [0.1, 0.15) is 5.89 Å². The molecule has 0 aliphatic carbocycles. The molecule has 124 valence electrons. The standard InChI is InChI=1S/C16H15N3O4S/c1-11-17-18-16(23-11)12-7-3-4-8-13(12)19-24(20,21)15-10-6-5-9-14(15)22-2/h3-10,19H,1-2H3. The Morgan fingerprint density at radius 1 is 1.04 bits per heavy atom. The van der Waals surface area contributed by atoms with Gasteiger partial charge in [0.15, 0.2) is 0 Å². The molecule has 1 heterocycles. The highest BCUT2D eigenvalue weighted by Gasteiger charge is 2.21. The monoisotopic (exact) mass is 345 g/mol. The molecular weight excluding hydrogens is 330 g/mol. The maximum Gasteiger partial charge on any atom is 0.265 e. The van der Waals surface area contributed by atoms with E-state index in [0.29, 0.717) is 17.1 Å². The van der Waals surface area contributed by atoms with Gasteiger partial charge in [-0.15, -0.1) is 10.2 Å². The lowest BCUT2D eigenvalue weighted by Crippen LogP contribution is -2.14. The van der Waals surface area contributed by atoms with E-state index < -0.39 is 10.0 Å². The van der Waals surface area contributed by atoms with Crippen LogP contribution in [-0.2, 0) is 10.0 Å². The Labute approximate surface area is 139 Å². The lowest BCUT2D eigenvalue weighted by Gasteiger charge is -2.13. The Bertz CT molecular complexity index is 967. The maximum atomic E-state index is 12.7.